The molecule has 0 aromatic carbocycles. The summed E-state index contributed by atoms with van der Waals surface area (Å²) in [5.74, 6) is 1.15. The molecule has 0 N–H and O–H groups in total. The summed E-state index contributed by atoms with van der Waals surface area (Å²) in [5.41, 5.74) is 0. The number of hydrogen-bond acceptors (Lipinski definition) is 6. The number of thiophene rings is 1. The maximum Gasteiger partial charge on any atom is 0.265 e. The zero-order valence-corrected chi connectivity index (χ0v) is 13.6. The van der Waals surface area contributed by atoms with E-state index >= 15 is 0 Å². The molecule has 0 spiro atoms. The highest BCUT2D eigenvalue weighted by Crippen LogP contribution is 2.24. The largest absolute Gasteiger partial charge is 0.481 e. The molecule has 0 bridgehead atoms. The van der Waals surface area contributed by atoms with Crippen molar-refractivity contribution in [3.63, 3.8) is 0 Å². The molecule has 116 valence electrons. The van der Waals surface area contributed by atoms with Gasteiger partial charge in [-0.05, 0) is 11.4 Å². The first-order valence-electron chi connectivity index (χ1n) is 6.83. The van der Waals surface area contributed by atoms with Crippen LogP contribution in [0.3, 0.4) is 0 Å². The van der Waals surface area contributed by atoms with E-state index in [9.17, 15) is 4.79 Å². The number of ether oxygens (including phenoxy) is 1. The maximum atomic E-state index is 12.4. The Hall–Kier alpha value is -1.86. The third kappa shape index (κ3) is 3.00. The summed E-state index contributed by atoms with van der Waals surface area (Å²) >= 11 is 7.41. The summed E-state index contributed by atoms with van der Waals surface area (Å²) in [6, 6.07) is 3.46. The van der Waals surface area contributed by atoms with Gasteiger partial charge in [0.1, 0.15) is 4.88 Å². The van der Waals surface area contributed by atoms with E-state index in [1.807, 2.05) is 15.2 Å². The lowest BCUT2D eigenvalue weighted by Gasteiger charge is -2.34. The number of nitrogens with zero attached hydrogens (tertiary/aromatic N) is 4. The summed E-state index contributed by atoms with van der Waals surface area (Å²) in [4.78, 5) is 25.4. The van der Waals surface area contributed by atoms with Crippen LogP contribution in [-0.4, -0.2) is 54.1 Å². The van der Waals surface area contributed by atoms with E-state index in [0.29, 0.717) is 47.9 Å². The van der Waals surface area contributed by atoms with E-state index < -0.39 is 0 Å². The van der Waals surface area contributed by atoms with Gasteiger partial charge >= 0.3 is 0 Å². The number of anilines is 1. The van der Waals surface area contributed by atoms with Crippen molar-refractivity contribution in [1.82, 2.24) is 14.9 Å². The Morgan fingerprint density at radius 2 is 2.09 bits per heavy atom. The minimum Gasteiger partial charge on any atom is -0.481 e. The van der Waals surface area contributed by atoms with Crippen molar-refractivity contribution in [2.45, 2.75) is 0 Å². The maximum absolute atomic E-state index is 12.4. The second kappa shape index (κ2) is 6.50. The van der Waals surface area contributed by atoms with Gasteiger partial charge in [0.05, 0.1) is 12.1 Å². The molecule has 3 rings (SSSR count). The first-order valence-corrected chi connectivity index (χ1v) is 8.09. The molecule has 1 amide bonds. The van der Waals surface area contributed by atoms with E-state index in [1.54, 1.807) is 25.4 Å². The van der Waals surface area contributed by atoms with Crippen LogP contribution in [0.25, 0.3) is 0 Å². The molecule has 2 aromatic rings. The normalized spacial score (nSPS) is 15.0. The van der Waals surface area contributed by atoms with Gasteiger partial charge < -0.3 is 14.5 Å². The highest BCUT2D eigenvalue weighted by molar-refractivity contribution is 7.12. The SMILES string of the molecule is COc1ccnc(N2CCN(C(=O)c3sccc3Cl)CC2)n1. The fourth-order valence-corrected chi connectivity index (χ4v) is 3.40. The van der Waals surface area contributed by atoms with Crippen LogP contribution in [0, 0.1) is 0 Å². The van der Waals surface area contributed by atoms with Crippen LogP contribution in [0.15, 0.2) is 23.7 Å². The summed E-state index contributed by atoms with van der Waals surface area (Å²) < 4.78 is 5.11. The number of amides is 1. The lowest BCUT2D eigenvalue weighted by molar-refractivity contribution is 0.0751. The Labute approximate surface area is 137 Å². The number of methoxy groups -OCH3 is 1. The Balaban J connectivity index is 1.65. The van der Waals surface area contributed by atoms with Gasteiger partial charge in [0.2, 0.25) is 11.8 Å². The molecule has 22 heavy (non-hydrogen) atoms. The minimum atomic E-state index is -0.00814. The van der Waals surface area contributed by atoms with E-state index in [1.165, 1.54) is 11.3 Å². The van der Waals surface area contributed by atoms with Gasteiger partial charge in [-0.15, -0.1) is 11.3 Å². The van der Waals surface area contributed by atoms with Crippen LogP contribution >= 0.6 is 22.9 Å². The first-order chi connectivity index (χ1) is 10.7. The summed E-state index contributed by atoms with van der Waals surface area (Å²) in [6.07, 6.45) is 1.67. The number of piperazine rings is 1. The molecule has 1 saturated heterocycles. The van der Waals surface area contributed by atoms with E-state index in [-0.39, 0.29) is 5.91 Å². The Kier molecular flexibility index (Phi) is 4.44. The first kappa shape index (κ1) is 15.1. The zero-order chi connectivity index (χ0) is 15.5. The van der Waals surface area contributed by atoms with Crippen molar-refractivity contribution >= 4 is 34.8 Å². The van der Waals surface area contributed by atoms with Gasteiger partial charge in [-0.1, -0.05) is 11.6 Å². The van der Waals surface area contributed by atoms with Gasteiger partial charge in [0, 0.05) is 38.4 Å². The molecule has 0 radical (unpaired) electrons. The molecule has 2 aromatic heterocycles. The van der Waals surface area contributed by atoms with E-state index in [0.717, 1.165) is 0 Å². The van der Waals surface area contributed by atoms with Crippen molar-refractivity contribution in [3.05, 3.63) is 33.6 Å². The van der Waals surface area contributed by atoms with Crippen LogP contribution in [-0.2, 0) is 0 Å². The molecule has 3 heterocycles. The molecule has 1 aliphatic rings. The predicted molar refractivity (Wildman–Crippen MR) is 86.0 cm³/mol. The van der Waals surface area contributed by atoms with Crippen LogP contribution in [0.4, 0.5) is 5.95 Å². The molecule has 8 heteroatoms. The lowest BCUT2D eigenvalue weighted by atomic mass is 10.3. The topological polar surface area (TPSA) is 58.6 Å². The number of halogens is 1. The van der Waals surface area contributed by atoms with Gasteiger partial charge in [-0.2, -0.15) is 4.98 Å². The standard InChI is InChI=1S/C14H15ClN4O2S/c1-21-11-2-4-16-14(17-11)19-7-5-18(6-8-19)13(20)12-10(15)3-9-22-12/h2-4,9H,5-8H2,1H3. The quantitative estimate of drug-likeness (QED) is 0.858. The summed E-state index contributed by atoms with van der Waals surface area (Å²) in [7, 11) is 1.58. The van der Waals surface area contributed by atoms with Crippen molar-refractivity contribution < 1.29 is 9.53 Å². The van der Waals surface area contributed by atoms with Gasteiger partial charge in [0.15, 0.2) is 0 Å². The van der Waals surface area contributed by atoms with Gasteiger partial charge in [0.25, 0.3) is 5.91 Å². The highest BCUT2D eigenvalue weighted by atomic mass is 35.5. The molecule has 0 aliphatic carbocycles. The lowest BCUT2D eigenvalue weighted by Crippen LogP contribution is -2.49. The number of rotatable bonds is 3. The molecule has 0 saturated carbocycles. The van der Waals surface area contributed by atoms with Crippen LogP contribution in [0.1, 0.15) is 9.67 Å². The van der Waals surface area contributed by atoms with Gasteiger partial charge in [-0.3, -0.25) is 4.79 Å². The van der Waals surface area contributed by atoms with Crippen LogP contribution < -0.4 is 9.64 Å². The molecule has 0 unspecified atom stereocenters. The number of carbonyl (C=O) groups is 1. The molecular formula is C14H15ClN4O2S. The van der Waals surface area contributed by atoms with Crippen molar-refractivity contribution in [3.8, 4) is 5.88 Å². The number of hydrogen-bond donors (Lipinski definition) is 0. The molecule has 6 nitrogen and oxygen atoms in total. The molecule has 0 atom stereocenters. The van der Waals surface area contributed by atoms with Crippen molar-refractivity contribution in [2.24, 2.45) is 0 Å². The Morgan fingerprint density at radius 1 is 1.32 bits per heavy atom. The number of aromatic nitrogens is 2. The average Bonchev–Trinajstić information content (AvgIpc) is 3.00. The zero-order valence-electron chi connectivity index (χ0n) is 12.0. The third-order valence-corrected chi connectivity index (χ3v) is 4.82. The van der Waals surface area contributed by atoms with E-state index in [4.69, 9.17) is 16.3 Å². The van der Waals surface area contributed by atoms with Gasteiger partial charge in [-0.25, -0.2) is 4.98 Å². The second-order valence-corrected chi connectivity index (χ2v) is 6.10. The minimum absolute atomic E-state index is 0.00814. The fourth-order valence-electron chi connectivity index (χ4n) is 2.30. The molecule has 1 fully saturated rings. The predicted octanol–water partition coefficient (Wildman–Crippen LogP) is 2.16. The number of carbonyl (C=O) groups excluding carboxylic acids is 1. The monoisotopic (exact) mass is 338 g/mol. The Morgan fingerprint density at radius 3 is 2.73 bits per heavy atom. The van der Waals surface area contributed by atoms with Crippen LogP contribution in [0.2, 0.25) is 5.02 Å². The molecule has 1 aliphatic heterocycles. The average molecular weight is 339 g/mol. The summed E-state index contributed by atoms with van der Waals surface area (Å²) in [6.45, 7) is 2.60. The van der Waals surface area contributed by atoms with Crippen molar-refractivity contribution in [1.29, 1.82) is 0 Å². The van der Waals surface area contributed by atoms with Crippen molar-refractivity contribution in [2.75, 3.05) is 38.2 Å². The third-order valence-electron chi connectivity index (χ3n) is 3.49. The second-order valence-electron chi connectivity index (χ2n) is 4.78. The highest BCUT2D eigenvalue weighted by Gasteiger charge is 2.25. The van der Waals surface area contributed by atoms with Crippen LogP contribution in [0.5, 0.6) is 5.88 Å². The fraction of sp³-hybridized carbons (Fsp3) is 0.357. The van der Waals surface area contributed by atoms with E-state index in [2.05, 4.69) is 9.97 Å². The summed E-state index contributed by atoms with van der Waals surface area (Å²) in [5, 5.41) is 2.35. The molecular weight excluding hydrogens is 324 g/mol. The Bertz CT molecular complexity index is 670. The smallest absolute Gasteiger partial charge is 0.265 e.